The first-order valence-electron chi connectivity index (χ1n) is 11.5. The Balaban J connectivity index is 1.17. The summed E-state index contributed by atoms with van der Waals surface area (Å²) >= 11 is 0. The SMILES string of the molecule is CS(=O)(=O)N1CCc2cc(OCCCC3CCN(c4cnn(CCN)n4)CC3)ccc2C1. The highest BCUT2D eigenvalue weighted by Crippen LogP contribution is 2.27. The minimum absolute atomic E-state index is 0.455. The second-order valence-electron chi connectivity index (χ2n) is 8.79. The molecule has 2 aliphatic heterocycles. The maximum absolute atomic E-state index is 11.8. The molecule has 9 nitrogen and oxygen atoms in total. The largest absolute Gasteiger partial charge is 0.494 e. The van der Waals surface area contributed by atoms with Crippen molar-refractivity contribution in [1.82, 2.24) is 19.3 Å². The smallest absolute Gasteiger partial charge is 0.211 e. The van der Waals surface area contributed by atoms with E-state index in [0.717, 1.165) is 49.0 Å². The highest BCUT2D eigenvalue weighted by atomic mass is 32.2. The third kappa shape index (κ3) is 5.79. The zero-order chi connectivity index (χ0) is 22.6. The molecule has 2 N–H and O–H groups in total. The number of hydrogen-bond acceptors (Lipinski definition) is 7. The Labute approximate surface area is 190 Å². The summed E-state index contributed by atoms with van der Waals surface area (Å²) in [5, 5.41) is 8.77. The zero-order valence-electron chi connectivity index (χ0n) is 18.8. The number of rotatable bonds is 9. The molecular formula is C22H34N6O3S. The number of piperidine rings is 1. The number of nitrogens with two attached hydrogens (primary N) is 1. The molecule has 0 unspecified atom stereocenters. The Morgan fingerprint density at radius 3 is 2.75 bits per heavy atom. The van der Waals surface area contributed by atoms with E-state index in [1.54, 1.807) is 4.80 Å². The van der Waals surface area contributed by atoms with Gasteiger partial charge in [0.05, 0.1) is 25.6 Å². The third-order valence-electron chi connectivity index (χ3n) is 6.44. The summed E-state index contributed by atoms with van der Waals surface area (Å²) in [7, 11) is -3.14. The summed E-state index contributed by atoms with van der Waals surface area (Å²) in [6.07, 6.45) is 8.38. The Kier molecular flexibility index (Phi) is 7.32. The molecule has 0 aliphatic carbocycles. The second kappa shape index (κ2) is 10.2. The first kappa shape index (κ1) is 23.0. The summed E-state index contributed by atoms with van der Waals surface area (Å²) in [5.41, 5.74) is 7.83. The summed E-state index contributed by atoms with van der Waals surface area (Å²) in [4.78, 5) is 3.98. The lowest BCUT2D eigenvalue weighted by Crippen LogP contribution is -2.35. The van der Waals surface area contributed by atoms with Gasteiger partial charge in [0.25, 0.3) is 0 Å². The number of fused-ring (bicyclic) bond motifs is 1. The van der Waals surface area contributed by atoms with Crippen LogP contribution in [0.4, 0.5) is 5.82 Å². The van der Waals surface area contributed by atoms with Gasteiger partial charge in [-0.1, -0.05) is 6.07 Å². The van der Waals surface area contributed by atoms with Crippen LogP contribution in [-0.4, -0.2) is 66.8 Å². The topological polar surface area (TPSA) is 107 Å². The summed E-state index contributed by atoms with van der Waals surface area (Å²) in [5.74, 6) is 2.55. The predicted molar refractivity (Wildman–Crippen MR) is 124 cm³/mol. The highest BCUT2D eigenvalue weighted by Gasteiger charge is 2.23. The molecule has 0 radical (unpaired) electrons. The van der Waals surface area contributed by atoms with Gasteiger partial charge in [-0.25, -0.2) is 8.42 Å². The fourth-order valence-corrected chi connectivity index (χ4v) is 5.34. The van der Waals surface area contributed by atoms with E-state index in [9.17, 15) is 8.42 Å². The van der Waals surface area contributed by atoms with Crippen LogP contribution in [0.2, 0.25) is 0 Å². The molecule has 176 valence electrons. The van der Waals surface area contributed by atoms with Gasteiger partial charge in [-0.05, 0) is 61.3 Å². The second-order valence-corrected chi connectivity index (χ2v) is 10.8. The van der Waals surface area contributed by atoms with Crippen molar-refractivity contribution in [1.29, 1.82) is 0 Å². The number of ether oxygens (including phenoxy) is 1. The van der Waals surface area contributed by atoms with E-state index in [1.807, 2.05) is 18.3 Å². The van der Waals surface area contributed by atoms with Crippen LogP contribution in [-0.2, 0) is 29.5 Å². The van der Waals surface area contributed by atoms with Gasteiger partial charge in [-0.15, -0.1) is 5.10 Å². The molecule has 3 heterocycles. The molecule has 0 amide bonds. The molecule has 0 spiro atoms. The lowest BCUT2D eigenvalue weighted by atomic mass is 9.92. The van der Waals surface area contributed by atoms with Gasteiger partial charge in [-0.3, -0.25) is 0 Å². The fourth-order valence-electron chi connectivity index (χ4n) is 4.55. The van der Waals surface area contributed by atoms with Crippen LogP contribution >= 0.6 is 0 Å². The summed E-state index contributed by atoms with van der Waals surface area (Å²) in [6.45, 7) is 4.94. The predicted octanol–water partition coefficient (Wildman–Crippen LogP) is 1.63. The average Bonchev–Trinajstić information content (AvgIpc) is 3.25. The molecule has 4 rings (SSSR count). The van der Waals surface area contributed by atoms with E-state index < -0.39 is 10.0 Å². The van der Waals surface area contributed by atoms with Gasteiger partial charge in [0.1, 0.15) is 5.75 Å². The standard InChI is InChI=1S/C22H34N6O3S/c1-32(29,30)27-12-8-19-15-21(5-4-20(19)17-27)31-14-2-3-18-6-10-26(11-7-18)22-16-24-28(25-22)13-9-23/h4-5,15-16,18H,2-3,6-14,17,23H2,1H3. The monoisotopic (exact) mass is 462 g/mol. The van der Waals surface area contributed by atoms with Crippen molar-refractivity contribution in [3.63, 3.8) is 0 Å². The number of nitrogens with zero attached hydrogens (tertiary/aromatic N) is 5. The molecular weight excluding hydrogens is 428 g/mol. The average molecular weight is 463 g/mol. The quantitative estimate of drug-likeness (QED) is 0.565. The van der Waals surface area contributed by atoms with Gasteiger partial charge in [0.15, 0.2) is 5.82 Å². The number of anilines is 1. The van der Waals surface area contributed by atoms with Crippen molar-refractivity contribution in [2.75, 3.05) is 43.9 Å². The minimum Gasteiger partial charge on any atom is -0.494 e. The molecule has 10 heteroatoms. The number of hydrogen-bond donors (Lipinski definition) is 1. The van der Waals surface area contributed by atoms with Crippen LogP contribution in [0.3, 0.4) is 0 Å². The highest BCUT2D eigenvalue weighted by molar-refractivity contribution is 7.88. The summed E-state index contributed by atoms with van der Waals surface area (Å²) < 4.78 is 31.1. The van der Waals surface area contributed by atoms with Crippen LogP contribution in [0.15, 0.2) is 24.4 Å². The van der Waals surface area contributed by atoms with Crippen LogP contribution < -0.4 is 15.4 Å². The molecule has 0 bridgehead atoms. The molecule has 0 atom stereocenters. The number of aromatic nitrogens is 3. The number of sulfonamides is 1. The van der Waals surface area contributed by atoms with Crippen molar-refractivity contribution in [3.8, 4) is 5.75 Å². The van der Waals surface area contributed by atoms with Crippen LogP contribution in [0.25, 0.3) is 0 Å². The van der Waals surface area contributed by atoms with Gasteiger partial charge in [0.2, 0.25) is 10.0 Å². The van der Waals surface area contributed by atoms with Gasteiger partial charge < -0.3 is 15.4 Å². The van der Waals surface area contributed by atoms with Crippen LogP contribution in [0.5, 0.6) is 5.75 Å². The zero-order valence-corrected chi connectivity index (χ0v) is 19.6. The lowest BCUT2D eigenvalue weighted by Gasteiger charge is -2.31. The first-order chi connectivity index (χ1) is 15.4. The normalized spacial score (nSPS) is 18.0. The van der Waals surface area contributed by atoms with Crippen LogP contribution in [0.1, 0.15) is 36.8 Å². The van der Waals surface area contributed by atoms with Gasteiger partial charge >= 0.3 is 0 Å². The lowest BCUT2D eigenvalue weighted by molar-refractivity contribution is 0.278. The van der Waals surface area contributed by atoms with Crippen molar-refractivity contribution in [2.24, 2.45) is 11.7 Å². The van der Waals surface area contributed by atoms with E-state index in [4.69, 9.17) is 10.5 Å². The van der Waals surface area contributed by atoms with Crippen molar-refractivity contribution in [3.05, 3.63) is 35.5 Å². The third-order valence-corrected chi connectivity index (χ3v) is 7.69. The molecule has 1 saturated heterocycles. The number of benzene rings is 1. The van der Waals surface area contributed by atoms with E-state index in [1.165, 1.54) is 35.4 Å². The molecule has 2 aliphatic rings. The van der Waals surface area contributed by atoms with E-state index in [2.05, 4.69) is 21.2 Å². The molecule has 1 fully saturated rings. The molecule has 2 aromatic rings. The fraction of sp³-hybridized carbons (Fsp3) is 0.636. The van der Waals surface area contributed by atoms with Gasteiger partial charge in [-0.2, -0.15) is 14.2 Å². The minimum atomic E-state index is -3.14. The van der Waals surface area contributed by atoms with Crippen LogP contribution in [0, 0.1) is 5.92 Å². The van der Waals surface area contributed by atoms with E-state index >= 15 is 0 Å². The maximum Gasteiger partial charge on any atom is 0.211 e. The van der Waals surface area contributed by atoms with Crippen molar-refractivity contribution in [2.45, 2.75) is 45.2 Å². The molecule has 0 saturated carbocycles. The van der Waals surface area contributed by atoms with E-state index in [-0.39, 0.29) is 0 Å². The summed E-state index contributed by atoms with van der Waals surface area (Å²) in [6, 6.07) is 6.04. The van der Waals surface area contributed by atoms with Gasteiger partial charge in [0, 0.05) is 32.7 Å². The Bertz CT molecular complexity index is 1000. The molecule has 1 aromatic heterocycles. The Hall–Kier alpha value is -2.17. The first-order valence-corrected chi connectivity index (χ1v) is 13.3. The molecule has 32 heavy (non-hydrogen) atoms. The molecule has 1 aromatic carbocycles. The maximum atomic E-state index is 11.8. The Morgan fingerprint density at radius 2 is 2.00 bits per heavy atom. The van der Waals surface area contributed by atoms with Crippen molar-refractivity contribution < 1.29 is 13.2 Å². The van der Waals surface area contributed by atoms with E-state index in [0.29, 0.717) is 32.8 Å². The Morgan fingerprint density at radius 1 is 1.19 bits per heavy atom. The van der Waals surface area contributed by atoms with Crippen molar-refractivity contribution >= 4 is 15.8 Å².